The molecule has 2 N–H and O–H groups in total. The fourth-order valence-electron chi connectivity index (χ4n) is 4.68. The largest absolute Gasteiger partial charge is 0.480 e. The Hall–Kier alpha value is -3.95. The van der Waals surface area contributed by atoms with Crippen LogP contribution in [0.2, 0.25) is 10.0 Å². The van der Waals surface area contributed by atoms with Gasteiger partial charge < -0.3 is 19.8 Å². The van der Waals surface area contributed by atoms with Crippen molar-refractivity contribution in [3.05, 3.63) is 87.6 Å². The first-order valence-corrected chi connectivity index (χ1v) is 13.1. The van der Waals surface area contributed by atoms with E-state index in [1.54, 1.807) is 23.1 Å². The first-order valence-electron chi connectivity index (χ1n) is 12.3. The second kappa shape index (κ2) is 11.4. The normalized spacial score (nSPS) is 17.9. The zero-order chi connectivity index (χ0) is 27.5. The van der Waals surface area contributed by atoms with Crippen molar-refractivity contribution >= 4 is 57.6 Å². The van der Waals surface area contributed by atoms with Crippen LogP contribution in [-0.4, -0.2) is 64.3 Å². The number of halogens is 2. The molecule has 39 heavy (non-hydrogen) atoms. The molecule has 1 aromatic heterocycles. The van der Waals surface area contributed by atoms with Gasteiger partial charge in [-0.15, -0.1) is 0 Å². The maximum Gasteiger partial charge on any atom is 0.326 e. The third-order valence-corrected chi connectivity index (χ3v) is 7.43. The van der Waals surface area contributed by atoms with Gasteiger partial charge in [-0.1, -0.05) is 64.3 Å². The lowest BCUT2D eigenvalue weighted by molar-refractivity contribution is -0.139. The van der Waals surface area contributed by atoms with Crippen molar-refractivity contribution in [3.63, 3.8) is 0 Å². The maximum atomic E-state index is 13.0. The second-order valence-corrected chi connectivity index (χ2v) is 10.1. The molecule has 1 unspecified atom stereocenters. The zero-order valence-electron chi connectivity index (χ0n) is 20.6. The maximum absolute atomic E-state index is 13.0. The van der Waals surface area contributed by atoms with Gasteiger partial charge in [0.1, 0.15) is 11.6 Å². The molecule has 0 bridgehead atoms. The molecular formula is C28H24Cl2N4O5. The third-order valence-electron chi connectivity index (χ3n) is 6.80. The molecule has 0 saturated carbocycles. The molecular weight excluding hydrogens is 543 g/mol. The Morgan fingerprint density at radius 1 is 1.13 bits per heavy atom. The van der Waals surface area contributed by atoms with Crippen molar-refractivity contribution in [2.24, 2.45) is 10.9 Å². The van der Waals surface area contributed by atoms with Crippen molar-refractivity contribution in [2.75, 3.05) is 19.6 Å². The number of hydrogen-bond donors (Lipinski definition) is 2. The number of carboxylic acid groups (broad SMARTS) is 1. The monoisotopic (exact) mass is 566 g/mol. The number of benzene rings is 2. The molecule has 11 heteroatoms. The lowest BCUT2D eigenvalue weighted by Gasteiger charge is -2.29. The highest BCUT2D eigenvalue weighted by Crippen LogP contribution is 2.27. The second-order valence-electron chi connectivity index (χ2n) is 9.27. The van der Waals surface area contributed by atoms with Crippen LogP contribution in [0.5, 0.6) is 0 Å². The molecule has 2 aliphatic heterocycles. The van der Waals surface area contributed by atoms with E-state index in [2.05, 4.69) is 15.5 Å². The van der Waals surface area contributed by atoms with Crippen molar-refractivity contribution in [1.29, 1.82) is 0 Å². The van der Waals surface area contributed by atoms with Crippen LogP contribution in [0.15, 0.2) is 75.8 Å². The molecule has 2 aliphatic rings. The van der Waals surface area contributed by atoms with E-state index in [1.807, 2.05) is 30.4 Å². The number of carbonyl (C=O) groups is 3. The van der Waals surface area contributed by atoms with E-state index in [0.717, 1.165) is 5.57 Å². The van der Waals surface area contributed by atoms with Crippen molar-refractivity contribution < 1.29 is 24.0 Å². The predicted octanol–water partition coefficient (Wildman–Crippen LogP) is 4.81. The van der Waals surface area contributed by atoms with E-state index < -0.39 is 17.9 Å². The van der Waals surface area contributed by atoms with E-state index in [1.165, 1.54) is 12.1 Å². The van der Waals surface area contributed by atoms with Crippen LogP contribution >= 0.6 is 23.2 Å². The number of allylic oxidation sites excluding steroid dienone is 1. The van der Waals surface area contributed by atoms with Crippen LogP contribution in [0.4, 0.5) is 0 Å². The minimum absolute atomic E-state index is 0.0127. The number of aliphatic imine (C=N–C) groups is 1. The van der Waals surface area contributed by atoms with Gasteiger partial charge in [-0.25, -0.2) is 4.79 Å². The first kappa shape index (κ1) is 26.6. The van der Waals surface area contributed by atoms with Gasteiger partial charge in [0.25, 0.3) is 11.8 Å². The predicted molar refractivity (Wildman–Crippen MR) is 148 cm³/mol. The van der Waals surface area contributed by atoms with Crippen LogP contribution in [-0.2, 0) is 4.79 Å². The van der Waals surface area contributed by atoms with Gasteiger partial charge in [-0.3, -0.25) is 14.6 Å². The van der Waals surface area contributed by atoms with Gasteiger partial charge in [-0.2, -0.15) is 0 Å². The first-order chi connectivity index (χ1) is 18.8. The molecule has 2 amide bonds. The number of rotatable bonds is 7. The quantitative estimate of drug-likeness (QED) is 0.395. The van der Waals surface area contributed by atoms with Crippen molar-refractivity contribution in [1.82, 2.24) is 15.4 Å². The van der Waals surface area contributed by atoms with Crippen LogP contribution in [0.25, 0.3) is 10.9 Å². The van der Waals surface area contributed by atoms with Gasteiger partial charge in [0.15, 0.2) is 0 Å². The van der Waals surface area contributed by atoms with Crippen LogP contribution in [0.3, 0.4) is 0 Å². The topological polar surface area (TPSA) is 125 Å². The Labute approximate surface area is 233 Å². The average Bonchev–Trinajstić information content (AvgIpc) is 3.37. The van der Waals surface area contributed by atoms with Crippen molar-refractivity contribution in [2.45, 2.75) is 18.9 Å². The van der Waals surface area contributed by atoms with E-state index in [4.69, 9.17) is 27.7 Å². The summed E-state index contributed by atoms with van der Waals surface area (Å²) in [5.41, 5.74) is 2.40. The van der Waals surface area contributed by atoms with E-state index in [0.29, 0.717) is 42.7 Å². The summed E-state index contributed by atoms with van der Waals surface area (Å²) in [7, 11) is 0. The number of fused-ring (bicyclic) bond motifs is 1. The number of aliphatic carboxylic acids is 1. The number of nitrogens with zero attached hydrogens (tertiary/aromatic N) is 3. The van der Waals surface area contributed by atoms with Crippen LogP contribution in [0, 0.1) is 5.92 Å². The summed E-state index contributed by atoms with van der Waals surface area (Å²) in [6.45, 7) is 1.44. The molecule has 3 heterocycles. The van der Waals surface area contributed by atoms with Gasteiger partial charge >= 0.3 is 5.97 Å². The standard InChI is InChI=1S/C28H24Cl2N4O5/c29-20-5-3-6-21(30)24(20)26(35)32-23(28(37)38)14-18-9-8-17(15-31-18)16-10-12-34(13-11-16)27(36)25-19-4-1-2-7-22(19)33-39-25/h1-10,17,23H,11-15H2,(H,32,35)(H,37,38)/t17?,23-/m0/s1. The minimum Gasteiger partial charge on any atom is -0.480 e. The molecule has 0 saturated heterocycles. The number of hydrogen-bond acceptors (Lipinski definition) is 6. The Kier molecular flexibility index (Phi) is 7.81. The lowest BCUT2D eigenvalue weighted by atomic mass is 9.90. The smallest absolute Gasteiger partial charge is 0.326 e. The minimum atomic E-state index is -1.20. The Bertz CT molecular complexity index is 1520. The Balaban J connectivity index is 1.18. The van der Waals surface area contributed by atoms with E-state index >= 15 is 0 Å². The molecule has 2 atom stereocenters. The summed E-state index contributed by atoms with van der Waals surface area (Å²) in [4.78, 5) is 43.8. The third kappa shape index (κ3) is 5.74. The summed E-state index contributed by atoms with van der Waals surface area (Å²) in [5, 5.41) is 17.1. The molecule has 0 spiro atoms. The summed E-state index contributed by atoms with van der Waals surface area (Å²) in [6, 6.07) is 10.7. The molecule has 3 aromatic rings. The number of carbonyl (C=O) groups excluding carboxylic acids is 2. The summed E-state index contributed by atoms with van der Waals surface area (Å²) >= 11 is 12.2. The van der Waals surface area contributed by atoms with E-state index in [9.17, 15) is 19.5 Å². The SMILES string of the molecule is O=C(N[C@@H](CC1=NCC(C2=CCN(C(=O)c3onc4ccccc34)CC2)C=C1)C(=O)O)c1c(Cl)cccc1Cl. The Morgan fingerprint density at radius 3 is 2.56 bits per heavy atom. The summed E-state index contributed by atoms with van der Waals surface area (Å²) < 4.78 is 5.32. The molecule has 2 aromatic carbocycles. The van der Waals surface area contributed by atoms with Crippen molar-refractivity contribution in [3.8, 4) is 0 Å². The summed E-state index contributed by atoms with van der Waals surface area (Å²) in [5.74, 6) is -1.76. The number of carboxylic acids is 1. The van der Waals surface area contributed by atoms with Gasteiger partial charge in [0.05, 0.1) is 21.0 Å². The number of nitrogens with one attached hydrogen (secondary N) is 1. The molecule has 0 radical (unpaired) electrons. The molecule has 200 valence electrons. The molecule has 5 rings (SSSR count). The summed E-state index contributed by atoms with van der Waals surface area (Å²) in [6.07, 6.45) is 6.50. The fourth-order valence-corrected chi connectivity index (χ4v) is 5.25. The fraction of sp³-hybridized carbons (Fsp3) is 0.250. The zero-order valence-corrected chi connectivity index (χ0v) is 22.2. The highest BCUT2D eigenvalue weighted by molar-refractivity contribution is 6.39. The highest BCUT2D eigenvalue weighted by atomic mass is 35.5. The number of aromatic nitrogens is 1. The number of amides is 2. The van der Waals surface area contributed by atoms with Crippen LogP contribution in [0.1, 0.15) is 33.8 Å². The highest BCUT2D eigenvalue weighted by Gasteiger charge is 2.28. The molecule has 0 fully saturated rings. The van der Waals surface area contributed by atoms with Gasteiger partial charge in [0.2, 0.25) is 5.76 Å². The Morgan fingerprint density at radius 2 is 1.90 bits per heavy atom. The molecule has 0 aliphatic carbocycles. The molecule has 9 nitrogen and oxygen atoms in total. The van der Waals surface area contributed by atoms with Gasteiger partial charge in [0, 0.05) is 37.7 Å². The van der Waals surface area contributed by atoms with Gasteiger partial charge in [-0.05, 0) is 36.8 Å². The average molecular weight is 567 g/mol. The number of dihydropyridines is 1. The van der Waals surface area contributed by atoms with E-state index in [-0.39, 0.29) is 39.6 Å². The van der Waals surface area contributed by atoms with Crippen LogP contribution < -0.4 is 5.32 Å². The lowest BCUT2D eigenvalue weighted by Crippen LogP contribution is -2.42.